The highest BCUT2D eigenvalue weighted by Crippen LogP contribution is 2.23. The Balaban J connectivity index is 0.00000200. The fourth-order valence-corrected chi connectivity index (χ4v) is 2.25. The minimum Gasteiger partial charge on any atom is -0.492 e. The molecule has 0 bridgehead atoms. The van der Waals surface area contributed by atoms with Gasteiger partial charge in [-0.25, -0.2) is 0 Å². The lowest BCUT2D eigenvalue weighted by Gasteiger charge is -2.16. The number of benzene rings is 1. The maximum absolute atomic E-state index is 12.0. The van der Waals surface area contributed by atoms with Crippen LogP contribution in [0.4, 0.5) is 5.69 Å². The smallest absolute Gasteiger partial charge is 0.238 e. The summed E-state index contributed by atoms with van der Waals surface area (Å²) in [5.74, 6) is 0.678. The van der Waals surface area contributed by atoms with E-state index in [9.17, 15) is 4.79 Å². The van der Waals surface area contributed by atoms with Crippen LogP contribution in [-0.2, 0) is 4.79 Å². The van der Waals surface area contributed by atoms with Gasteiger partial charge < -0.3 is 15.8 Å². The lowest BCUT2D eigenvalue weighted by molar-refractivity contribution is -0.117. The van der Waals surface area contributed by atoms with Crippen molar-refractivity contribution >= 4 is 24.0 Å². The van der Waals surface area contributed by atoms with Gasteiger partial charge in [-0.1, -0.05) is 12.1 Å². The highest BCUT2D eigenvalue weighted by molar-refractivity contribution is 5.93. The van der Waals surface area contributed by atoms with Crippen LogP contribution < -0.4 is 15.8 Å². The van der Waals surface area contributed by atoms with E-state index >= 15 is 0 Å². The standard InChI is InChI=1S/C14H21N3O2.ClH/c1-2-19-13-6-4-3-5-12(13)16-14(18)10-17-8-7-11(15)9-17;/h3-6,11H,2,7-10,15H2,1H3,(H,16,18);1H/t11-;/m1./s1. The predicted octanol–water partition coefficient (Wildman–Crippen LogP) is 1.48. The van der Waals surface area contributed by atoms with E-state index in [0.29, 0.717) is 18.9 Å². The van der Waals surface area contributed by atoms with Gasteiger partial charge in [-0.3, -0.25) is 9.69 Å². The Labute approximate surface area is 125 Å². The molecule has 0 spiro atoms. The quantitative estimate of drug-likeness (QED) is 0.864. The summed E-state index contributed by atoms with van der Waals surface area (Å²) in [6.45, 7) is 4.56. The molecule has 1 aromatic carbocycles. The van der Waals surface area contributed by atoms with Gasteiger partial charge in [0.1, 0.15) is 5.75 Å². The summed E-state index contributed by atoms with van der Waals surface area (Å²) in [6.07, 6.45) is 0.961. The van der Waals surface area contributed by atoms with Crippen molar-refractivity contribution < 1.29 is 9.53 Å². The first-order valence-electron chi connectivity index (χ1n) is 6.68. The minimum atomic E-state index is -0.0266. The van der Waals surface area contributed by atoms with Gasteiger partial charge in [0.15, 0.2) is 0 Å². The van der Waals surface area contributed by atoms with E-state index in [1.54, 1.807) is 0 Å². The predicted molar refractivity (Wildman–Crippen MR) is 82.5 cm³/mol. The van der Waals surface area contributed by atoms with E-state index in [-0.39, 0.29) is 24.4 Å². The molecule has 1 aliphatic heterocycles. The van der Waals surface area contributed by atoms with E-state index in [4.69, 9.17) is 10.5 Å². The number of anilines is 1. The van der Waals surface area contributed by atoms with Crippen molar-refractivity contribution in [3.63, 3.8) is 0 Å². The monoisotopic (exact) mass is 299 g/mol. The summed E-state index contributed by atoms with van der Waals surface area (Å²) in [6, 6.07) is 7.66. The second-order valence-electron chi connectivity index (χ2n) is 4.76. The molecule has 20 heavy (non-hydrogen) atoms. The van der Waals surface area contributed by atoms with Gasteiger partial charge in [-0.15, -0.1) is 12.4 Å². The second kappa shape index (κ2) is 8.09. The molecule has 1 saturated heterocycles. The van der Waals surface area contributed by atoms with Crippen molar-refractivity contribution in [1.29, 1.82) is 0 Å². The molecule has 1 aromatic rings. The number of halogens is 1. The highest BCUT2D eigenvalue weighted by Gasteiger charge is 2.21. The zero-order chi connectivity index (χ0) is 13.7. The van der Waals surface area contributed by atoms with E-state index in [1.165, 1.54) is 0 Å². The van der Waals surface area contributed by atoms with Crippen molar-refractivity contribution in [3.05, 3.63) is 24.3 Å². The normalized spacial score (nSPS) is 18.4. The number of nitrogens with two attached hydrogens (primary N) is 1. The fraction of sp³-hybridized carbons (Fsp3) is 0.500. The number of carbonyl (C=O) groups is 1. The van der Waals surface area contributed by atoms with Gasteiger partial charge in [0.2, 0.25) is 5.91 Å². The third kappa shape index (κ3) is 4.67. The number of nitrogens with zero attached hydrogens (tertiary/aromatic N) is 1. The molecule has 0 saturated carbocycles. The summed E-state index contributed by atoms with van der Waals surface area (Å²) >= 11 is 0. The Morgan fingerprint density at radius 1 is 1.50 bits per heavy atom. The Kier molecular flexibility index (Phi) is 6.78. The Morgan fingerprint density at radius 2 is 2.25 bits per heavy atom. The summed E-state index contributed by atoms with van der Waals surface area (Å²) in [5, 5.41) is 2.89. The number of amides is 1. The van der Waals surface area contributed by atoms with Crippen LogP contribution in [0, 0.1) is 0 Å². The summed E-state index contributed by atoms with van der Waals surface area (Å²) in [4.78, 5) is 14.1. The maximum atomic E-state index is 12.0. The molecule has 5 nitrogen and oxygen atoms in total. The molecule has 0 radical (unpaired) electrons. The Bertz CT molecular complexity index is 442. The number of hydrogen-bond donors (Lipinski definition) is 2. The molecule has 2 rings (SSSR count). The first kappa shape index (κ1) is 16.8. The summed E-state index contributed by atoms with van der Waals surface area (Å²) in [7, 11) is 0. The van der Waals surface area contributed by atoms with Crippen LogP contribution in [0.1, 0.15) is 13.3 Å². The van der Waals surface area contributed by atoms with Crippen LogP contribution in [0.3, 0.4) is 0 Å². The van der Waals surface area contributed by atoms with E-state index in [0.717, 1.165) is 25.2 Å². The van der Waals surface area contributed by atoms with Crippen LogP contribution in [0.5, 0.6) is 5.75 Å². The molecular formula is C14H22ClN3O2. The number of likely N-dealkylation sites (tertiary alicyclic amines) is 1. The number of carbonyl (C=O) groups excluding carboxylic acids is 1. The zero-order valence-corrected chi connectivity index (χ0v) is 12.5. The maximum Gasteiger partial charge on any atom is 0.238 e. The van der Waals surface area contributed by atoms with Crippen LogP contribution >= 0.6 is 12.4 Å². The molecule has 1 amide bonds. The number of hydrogen-bond acceptors (Lipinski definition) is 4. The molecule has 0 aromatic heterocycles. The molecule has 6 heteroatoms. The number of para-hydroxylation sites is 2. The molecule has 0 unspecified atom stereocenters. The lowest BCUT2D eigenvalue weighted by Crippen LogP contribution is -2.33. The van der Waals surface area contributed by atoms with Gasteiger partial charge in [0, 0.05) is 19.1 Å². The summed E-state index contributed by atoms with van der Waals surface area (Å²) < 4.78 is 5.48. The van der Waals surface area contributed by atoms with Crippen LogP contribution in [0.2, 0.25) is 0 Å². The lowest BCUT2D eigenvalue weighted by atomic mass is 10.3. The molecule has 1 heterocycles. The SMILES string of the molecule is CCOc1ccccc1NC(=O)CN1CC[C@@H](N)C1.Cl. The average Bonchev–Trinajstić information content (AvgIpc) is 2.77. The van der Waals surface area contributed by atoms with Crippen LogP contribution in [-0.4, -0.2) is 43.1 Å². The molecule has 112 valence electrons. The van der Waals surface area contributed by atoms with Crippen molar-refractivity contribution in [2.45, 2.75) is 19.4 Å². The summed E-state index contributed by atoms with van der Waals surface area (Å²) in [5.41, 5.74) is 6.54. The van der Waals surface area contributed by atoms with Gasteiger partial charge in [-0.2, -0.15) is 0 Å². The zero-order valence-electron chi connectivity index (χ0n) is 11.7. The largest absolute Gasteiger partial charge is 0.492 e. The second-order valence-corrected chi connectivity index (χ2v) is 4.76. The average molecular weight is 300 g/mol. The van der Waals surface area contributed by atoms with Crippen LogP contribution in [0.25, 0.3) is 0 Å². The third-order valence-electron chi connectivity index (χ3n) is 3.14. The topological polar surface area (TPSA) is 67.6 Å². The van der Waals surface area contributed by atoms with Gasteiger partial charge in [0.25, 0.3) is 0 Å². The first-order valence-corrected chi connectivity index (χ1v) is 6.68. The molecule has 1 atom stereocenters. The molecular weight excluding hydrogens is 278 g/mol. The molecule has 1 fully saturated rings. The molecule has 3 N–H and O–H groups in total. The highest BCUT2D eigenvalue weighted by atomic mass is 35.5. The first-order chi connectivity index (χ1) is 9.19. The third-order valence-corrected chi connectivity index (χ3v) is 3.14. The van der Waals surface area contributed by atoms with E-state index in [1.807, 2.05) is 31.2 Å². The number of nitrogens with one attached hydrogen (secondary N) is 1. The van der Waals surface area contributed by atoms with Gasteiger partial charge in [0.05, 0.1) is 18.8 Å². The van der Waals surface area contributed by atoms with Gasteiger partial charge in [-0.05, 0) is 25.5 Å². The van der Waals surface area contributed by atoms with Crippen molar-refractivity contribution in [1.82, 2.24) is 4.90 Å². The minimum absolute atomic E-state index is 0. The Hall–Kier alpha value is -1.30. The molecule has 0 aliphatic carbocycles. The van der Waals surface area contributed by atoms with E-state index in [2.05, 4.69) is 10.2 Å². The van der Waals surface area contributed by atoms with Crippen LogP contribution in [0.15, 0.2) is 24.3 Å². The van der Waals surface area contributed by atoms with Crippen molar-refractivity contribution in [2.75, 3.05) is 31.6 Å². The number of rotatable bonds is 5. The molecule has 1 aliphatic rings. The van der Waals surface area contributed by atoms with Gasteiger partial charge >= 0.3 is 0 Å². The number of ether oxygens (including phenoxy) is 1. The van der Waals surface area contributed by atoms with E-state index < -0.39 is 0 Å². The Morgan fingerprint density at radius 3 is 2.90 bits per heavy atom. The fourth-order valence-electron chi connectivity index (χ4n) is 2.25. The van der Waals surface area contributed by atoms with Crippen molar-refractivity contribution in [3.8, 4) is 5.75 Å². The van der Waals surface area contributed by atoms with Crippen molar-refractivity contribution in [2.24, 2.45) is 5.73 Å².